The molecule has 110 valence electrons. The second-order valence-corrected chi connectivity index (χ2v) is 5.23. The lowest BCUT2D eigenvalue weighted by molar-refractivity contribution is 0.573. The summed E-state index contributed by atoms with van der Waals surface area (Å²) in [5.41, 5.74) is 5.12. The zero-order valence-electron chi connectivity index (χ0n) is 11.9. The molecule has 0 aliphatic carbocycles. The first-order valence-corrected chi connectivity index (χ1v) is 7.35. The van der Waals surface area contributed by atoms with Gasteiger partial charge >= 0.3 is 0 Å². The van der Waals surface area contributed by atoms with Gasteiger partial charge in [0.25, 0.3) is 0 Å². The zero-order chi connectivity index (χ0) is 15.2. The Kier molecular flexibility index (Phi) is 4.56. The molecule has 3 aromatic rings. The fraction of sp³-hybridized carbons (Fsp3) is 0.0556. The third kappa shape index (κ3) is 3.77. The van der Waals surface area contributed by atoms with Crippen LogP contribution in [0.2, 0.25) is 5.02 Å². The molecule has 3 rings (SSSR count). The summed E-state index contributed by atoms with van der Waals surface area (Å²) < 4.78 is 5.73. The van der Waals surface area contributed by atoms with Gasteiger partial charge in [-0.25, -0.2) is 0 Å². The summed E-state index contributed by atoms with van der Waals surface area (Å²) in [6, 6.07) is 21.4. The molecule has 0 saturated carbocycles. The number of halogens is 1. The van der Waals surface area contributed by atoms with E-state index in [4.69, 9.17) is 16.0 Å². The van der Waals surface area contributed by atoms with Gasteiger partial charge in [-0.2, -0.15) is 5.10 Å². The normalized spacial score (nSPS) is 11.0. The molecule has 3 nitrogen and oxygen atoms in total. The van der Waals surface area contributed by atoms with Crippen LogP contribution >= 0.6 is 11.6 Å². The first-order valence-electron chi connectivity index (χ1n) is 6.97. The van der Waals surface area contributed by atoms with Crippen molar-refractivity contribution in [1.29, 1.82) is 0 Å². The average Bonchev–Trinajstić information content (AvgIpc) is 3.02. The molecule has 22 heavy (non-hydrogen) atoms. The van der Waals surface area contributed by atoms with E-state index >= 15 is 0 Å². The molecule has 2 aromatic carbocycles. The Morgan fingerprint density at radius 1 is 1.00 bits per heavy atom. The molecule has 1 heterocycles. The molecule has 1 N–H and O–H groups in total. The third-order valence-corrected chi connectivity index (χ3v) is 3.38. The van der Waals surface area contributed by atoms with E-state index in [1.165, 1.54) is 5.56 Å². The van der Waals surface area contributed by atoms with Crippen LogP contribution in [0.4, 0.5) is 0 Å². The van der Waals surface area contributed by atoms with Gasteiger partial charge in [0.15, 0.2) is 0 Å². The topological polar surface area (TPSA) is 37.5 Å². The average molecular weight is 311 g/mol. The quantitative estimate of drug-likeness (QED) is 0.547. The SMILES string of the molecule is Clc1cccc(-c2ccc(C=NNCc3ccccc3)o2)c1. The molecule has 1 aromatic heterocycles. The number of furan rings is 1. The predicted octanol–water partition coefficient (Wildman–Crippen LogP) is 4.72. The van der Waals surface area contributed by atoms with Gasteiger partial charge in [0.05, 0.1) is 12.8 Å². The van der Waals surface area contributed by atoms with E-state index in [0.717, 1.165) is 11.3 Å². The van der Waals surface area contributed by atoms with Gasteiger partial charge < -0.3 is 9.84 Å². The first kappa shape index (κ1) is 14.4. The Morgan fingerprint density at radius 2 is 1.86 bits per heavy atom. The van der Waals surface area contributed by atoms with Crippen molar-refractivity contribution in [3.63, 3.8) is 0 Å². The highest BCUT2D eigenvalue weighted by Crippen LogP contribution is 2.24. The third-order valence-electron chi connectivity index (χ3n) is 3.15. The monoisotopic (exact) mass is 310 g/mol. The smallest absolute Gasteiger partial charge is 0.147 e. The van der Waals surface area contributed by atoms with Crippen molar-refractivity contribution < 1.29 is 4.42 Å². The lowest BCUT2D eigenvalue weighted by Gasteiger charge is -1.99. The van der Waals surface area contributed by atoms with E-state index in [2.05, 4.69) is 10.5 Å². The molecular weight excluding hydrogens is 296 g/mol. The molecule has 0 bridgehead atoms. The Balaban J connectivity index is 1.61. The summed E-state index contributed by atoms with van der Waals surface area (Å²) in [6.45, 7) is 0.680. The molecule has 0 unspecified atom stereocenters. The van der Waals surface area contributed by atoms with Crippen molar-refractivity contribution in [1.82, 2.24) is 5.43 Å². The lowest BCUT2D eigenvalue weighted by Crippen LogP contribution is -2.04. The van der Waals surface area contributed by atoms with Crippen LogP contribution in [-0.4, -0.2) is 6.21 Å². The largest absolute Gasteiger partial charge is 0.455 e. The van der Waals surface area contributed by atoms with E-state index in [1.807, 2.05) is 66.7 Å². The van der Waals surface area contributed by atoms with E-state index in [-0.39, 0.29) is 0 Å². The summed E-state index contributed by atoms with van der Waals surface area (Å²) in [4.78, 5) is 0. The number of nitrogens with one attached hydrogen (secondary N) is 1. The van der Waals surface area contributed by atoms with Crippen LogP contribution in [-0.2, 0) is 6.54 Å². The molecule has 0 atom stereocenters. The van der Waals surface area contributed by atoms with Crippen LogP contribution in [0.1, 0.15) is 11.3 Å². The number of hydrogen-bond acceptors (Lipinski definition) is 3. The number of benzene rings is 2. The van der Waals surface area contributed by atoms with Crippen LogP contribution in [0, 0.1) is 0 Å². The fourth-order valence-corrected chi connectivity index (χ4v) is 2.25. The van der Waals surface area contributed by atoms with Crippen LogP contribution in [0.3, 0.4) is 0 Å². The molecule has 0 radical (unpaired) electrons. The summed E-state index contributed by atoms with van der Waals surface area (Å²) in [5, 5.41) is 4.86. The predicted molar refractivity (Wildman–Crippen MR) is 90.0 cm³/mol. The zero-order valence-corrected chi connectivity index (χ0v) is 12.6. The highest BCUT2D eigenvalue weighted by molar-refractivity contribution is 6.30. The van der Waals surface area contributed by atoms with E-state index < -0.39 is 0 Å². The standard InChI is InChI=1S/C18H15ClN2O/c19-16-8-4-7-15(11-16)18-10-9-17(22-18)13-21-20-12-14-5-2-1-3-6-14/h1-11,13,20H,12H2. The molecule has 0 amide bonds. The van der Waals surface area contributed by atoms with Gasteiger partial charge in [-0.1, -0.05) is 54.1 Å². The van der Waals surface area contributed by atoms with Gasteiger partial charge in [0, 0.05) is 10.6 Å². The highest BCUT2D eigenvalue weighted by Gasteiger charge is 2.03. The maximum absolute atomic E-state index is 5.98. The number of hydrazone groups is 1. The Bertz CT molecular complexity index is 766. The molecule has 4 heteroatoms. The van der Waals surface area contributed by atoms with Crippen LogP contribution in [0.5, 0.6) is 0 Å². The van der Waals surface area contributed by atoms with Gasteiger partial charge in [0.1, 0.15) is 11.5 Å². The summed E-state index contributed by atoms with van der Waals surface area (Å²) in [7, 11) is 0. The van der Waals surface area contributed by atoms with Crippen LogP contribution in [0.15, 0.2) is 76.2 Å². The second kappa shape index (κ2) is 6.96. The van der Waals surface area contributed by atoms with Gasteiger partial charge in [-0.05, 0) is 29.8 Å². The Morgan fingerprint density at radius 3 is 2.68 bits per heavy atom. The molecule has 0 spiro atoms. The minimum atomic E-state index is 0.680. The van der Waals surface area contributed by atoms with E-state index in [1.54, 1.807) is 6.21 Å². The summed E-state index contributed by atoms with van der Waals surface area (Å²) in [6.07, 6.45) is 1.66. The van der Waals surface area contributed by atoms with Crippen LogP contribution < -0.4 is 5.43 Å². The minimum absolute atomic E-state index is 0.680. The Hall–Kier alpha value is -2.52. The van der Waals surface area contributed by atoms with E-state index in [0.29, 0.717) is 17.3 Å². The van der Waals surface area contributed by atoms with Gasteiger partial charge in [-0.3, -0.25) is 0 Å². The maximum Gasteiger partial charge on any atom is 0.147 e. The summed E-state index contributed by atoms with van der Waals surface area (Å²) in [5.74, 6) is 1.46. The van der Waals surface area contributed by atoms with Crippen molar-refractivity contribution in [2.45, 2.75) is 6.54 Å². The van der Waals surface area contributed by atoms with Gasteiger partial charge in [0.2, 0.25) is 0 Å². The molecule has 0 aliphatic heterocycles. The van der Waals surface area contributed by atoms with Crippen molar-refractivity contribution in [2.24, 2.45) is 5.10 Å². The second-order valence-electron chi connectivity index (χ2n) is 4.79. The fourth-order valence-electron chi connectivity index (χ4n) is 2.06. The van der Waals surface area contributed by atoms with Crippen molar-refractivity contribution in [3.05, 3.63) is 83.1 Å². The number of nitrogens with zero attached hydrogens (tertiary/aromatic N) is 1. The molecule has 0 aliphatic rings. The van der Waals surface area contributed by atoms with Crippen molar-refractivity contribution in [3.8, 4) is 11.3 Å². The van der Waals surface area contributed by atoms with E-state index in [9.17, 15) is 0 Å². The number of rotatable bonds is 5. The minimum Gasteiger partial charge on any atom is -0.455 e. The molecule has 0 fully saturated rings. The van der Waals surface area contributed by atoms with Crippen molar-refractivity contribution in [2.75, 3.05) is 0 Å². The first-order chi connectivity index (χ1) is 10.8. The molecular formula is C18H15ClN2O. The summed E-state index contributed by atoms with van der Waals surface area (Å²) >= 11 is 5.98. The molecule has 0 saturated heterocycles. The highest BCUT2D eigenvalue weighted by atomic mass is 35.5. The number of hydrogen-bond donors (Lipinski definition) is 1. The van der Waals surface area contributed by atoms with Gasteiger partial charge in [-0.15, -0.1) is 0 Å². The van der Waals surface area contributed by atoms with Crippen LogP contribution in [0.25, 0.3) is 11.3 Å². The van der Waals surface area contributed by atoms with Crippen molar-refractivity contribution >= 4 is 17.8 Å². The maximum atomic E-state index is 5.98. The lowest BCUT2D eigenvalue weighted by atomic mass is 10.2. The Labute approximate surface area is 134 Å².